The molecule has 0 unspecified atom stereocenters. The van der Waals surface area contributed by atoms with Gasteiger partial charge in [-0.1, -0.05) is 45.7 Å². The summed E-state index contributed by atoms with van der Waals surface area (Å²) >= 11 is 9.46. The van der Waals surface area contributed by atoms with Gasteiger partial charge in [0.1, 0.15) is 11.6 Å². The van der Waals surface area contributed by atoms with Crippen molar-refractivity contribution in [1.29, 1.82) is 0 Å². The van der Waals surface area contributed by atoms with Gasteiger partial charge in [-0.2, -0.15) is 10.2 Å². The molecule has 0 aliphatic carbocycles. The minimum Gasteiger partial charge on any atom is -0.470 e. The number of anilines is 1. The number of amides is 1. The van der Waals surface area contributed by atoms with Crippen molar-refractivity contribution in [1.82, 2.24) is 19.6 Å². The summed E-state index contributed by atoms with van der Waals surface area (Å²) in [4.78, 5) is 12.5. The standard InChI is InChI=1S/C21H16BrClFN5O2/c22-15-5-6-20(17(23)9-15)31-13-28-8-7-19(27-28)21(30)26-16-10-25-29(12-16)11-14-3-1-2-4-18(14)24/h1-10,12H,11,13H2,(H,26,30). The van der Waals surface area contributed by atoms with Crippen LogP contribution in [-0.2, 0) is 13.3 Å². The molecule has 31 heavy (non-hydrogen) atoms. The summed E-state index contributed by atoms with van der Waals surface area (Å²) < 4.78 is 23.3. The zero-order valence-electron chi connectivity index (χ0n) is 16.0. The van der Waals surface area contributed by atoms with Gasteiger partial charge >= 0.3 is 0 Å². The summed E-state index contributed by atoms with van der Waals surface area (Å²) in [6, 6.07) is 13.3. The first-order valence-electron chi connectivity index (χ1n) is 9.16. The van der Waals surface area contributed by atoms with Crippen molar-refractivity contribution in [2.24, 2.45) is 0 Å². The summed E-state index contributed by atoms with van der Waals surface area (Å²) in [5.41, 5.74) is 1.20. The molecule has 0 spiro atoms. The van der Waals surface area contributed by atoms with Gasteiger partial charge in [-0.3, -0.25) is 9.48 Å². The number of rotatable bonds is 7. The van der Waals surface area contributed by atoms with Crippen LogP contribution >= 0.6 is 27.5 Å². The number of benzene rings is 2. The van der Waals surface area contributed by atoms with E-state index in [9.17, 15) is 9.18 Å². The average molecular weight is 505 g/mol. The van der Waals surface area contributed by atoms with Crippen LogP contribution in [0.3, 0.4) is 0 Å². The molecule has 0 saturated heterocycles. The van der Waals surface area contributed by atoms with Crippen LogP contribution in [0.15, 0.2) is 71.6 Å². The number of nitrogens with zero attached hydrogens (tertiary/aromatic N) is 4. The lowest BCUT2D eigenvalue weighted by atomic mass is 10.2. The third kappa shape index (κ3) is 5.31. The molecule has 0 aliphatic rings. The molecular formula is C21H16BrClFN5O2. The Bertz CT molecular complexity index is 1230. The van der Waals surface area contributed by atoms with Gasteiger partial charge in [0.2, 0.25) is 0 Å². The molecule has 1 amide bonds. The van der Waals surface area contributed by atoms with E-state index in [2.05, 4.69) is 31.4 Å². The Morgan fingerprint density at radius 3 is 2.84 bits per heavy atom. The molecule has 2 aromatic carbocycles. The summed E-state index contributed by atoms with van der Waals surface area (Å²) in [5.74, 6) is -0.194. The van der Waals surface area contributed by atoms with Crippen molar-refractivity contribution in [3.8, 4) is 5.75 Å². The molecule has 4 rings (SSSR count). The van der Waals surface area contributed by atoms with Gasteiger partial charge in [0.05, 0.1) is 23.5 Å². The SMILES string of the molecule is O=C(Nc1cnn(Cc2ccccc2F)c1)c1ccn(COc2ccc(Br)cc2Cl)n1. The van der Waals surface area contributed by atoms with E-state index in [-0.39, 0.29) is 24.8 Å². The Balaban J connectivity index is 1.35. The highest BCUT2D eigenvalue weighted by Gasteiger charge is 2.12. The van der Waals surface area contributed by atoms with Crippen LogP contribution in [-0.4, -0.2) is 25.5 Å². The van der Waals surface area contributed by atoms with Gasteiger partial charge in [-0.25, -0.2) is 9.07 Å². The van der Waals surface area contributed by atoms with Crippen molar-refractivity contribution >= 4 is 39.1 Å². The Morgan fingerprint density at radius 2 is 2.03 bits per heavy atom. The molecule has 10 heteroatoms. The maximum Gasteiger partial charge on any atom is 0.276 e. The Hall–Kier alpha value is -3.17. The molecule has 1 N–H and O–H groups in total. The molecule has 4 aromatic rings. The molecule has 2 aromatic heterocycles. The normalized spacial score (nSPS) is 10.8. The van der Waals surface area contributed by atoms with Gasteiger partial charge in [-0.15, -0.1) is 0 Å². The van der Waals surface area contributed by atoms with E-state index in [1.54, 1.807) is 53.5 Å². The number of hydrogen-bond donors (Lipinski definition) is 1. The average Bonchev–Trinajstić information content (AvgIpc) is 3.39. The molecule has 2 heterocycles. The number of ether oxygens (including phenoxy) is 1. The van der Waals surface area contributed by atoms with Crippen LogP contribution in [0.2, 0.25) is 5.02 Å². The monoisotopic (exact) mass is 503 g/mol. The maximum atomic E-state index is 13.8. The van der Waals surface area contributed by atoms with E-state index in [1.165, 1.54) is 16.9 Å². The first kappa shape index (κ1) is 21.1. The van der Waals surface area contributed by atoms with Crippen molar-refractivity contribution in [3.63, 3.8) is 0 Å². The van der Waals surface area contributed by atoms with E-state index >= 15 is 0 Å². The first-order valence-corrected chi connectivity index (χ1v) is 10.3. The van der Waals surface area contributed by atoms with Gasteiger partial charge in [0.15, 0.2) is 12.4 Å². The van der Waals surface area contributed by atoms with Gasteiger partial charge in [0, 0.05) is 22.4 Å². The Morgan fingerprint density at radius 1 is 1.19 bits per heavy atom. The van der Waals surface area contributed by atoms with Crippen molar-refractivity contribution in [2.75, 3.05) is 5.32 Å². The van der Waals surface area contributed by atoms with Crippen LogP contribution in [0.1, 0.15) is 16.1 Å². The third-order valence-electron chi connectivity index (χ3n) is 4.30. The lowest BCUT2D eigenvalue weighted by Gasteiger charge is -2.08. The van der Waals surface area contributed by atoms with Crippen LogP contribution in [0.25, 0.3) is 0 Å². The largest absolute Gasteiger partial charge is 0.470 e. The molecule has 0 atom stereocenters. The van der Waals surface area contributed by atoms with E-state index in [4.69, 9.17) is 16.3 Å². The number of carbonyl (C=O) groups is 1. The quantitative estimate of drug-likeness (QED) is 0.386. The maximum absolute atomic E-state index is 13.8. The van der Waals surface area contributed by atoms with E-state index in [0.717, 1.165) is 4.47 Å². The molecule has 0 aliphatic heterocycles. The smallest absolute Gasteiger partial charge is 0.276 e. The van der Waals surface area contributed by atoms with Gasteiger partial charge in [-0.05, 0) is 30.3 Å². The topological polar surface area (TPSA) is 74.0 Å². The second-order valence-corrected chi connectivity index (χ2v) is 7.88. The zero-order chi connectivity index (χ0) is 21.8. The number of hydrogen-bond acceptors (Lipinski definition) is 4. The number of nitrogens with one attached hydrogen (secondary N) is 1. The molecule has 0 saturated carbocycles. The fraction of sp³-hybridized carbons (Fsp3) is 0.0952. The number of halogens is 3. The predicted octanol–water partition coefficient (Wildman–Crippen LogP) is 4.97. The summed E-state index contributed by atoms with van der Waals surface area (Å²) in [7, 11) is 0. The van der Waals surface area contributed by atoms with E-state index < -0.39 is 5.91 Å². The van der Waals surface area contributed by atoms with Crippen LogP contribution < -0.4 is 10.1 Å². The van der Waals surface area contributed by atoms with Crippen LogP contribution in [0.4, 0.5) is 10.1 Å². The summed E-state index contributed by atoms with van der Waals surface area (Å²) in [5, 5.41) is 11.5. The summed E-state index contributed by atoms with van der Waals surface area (Å²) in [6.45, 7) is 0.350. The second-order valence-electron chi connectivity index (χ2n) is 6.56. The first-order chi connectivity index (χ1) is 15.0. The minimum atomic E-state index is -0.397. The third-order valence-corrected chi connectivity index (χ3v) is 5.09. The predicted molar refractivity (Wildman–Crippen MR) is 118 cm³/mol. The zero-order valence-corrected chi connectivity index (χ0v) is 18.3. The minimum absolute atomic E-state index is 0.0925. The summed E-state index contributed by atoms with van der Waals surface area (Å²) in [6.07, 6.45) is 4.75. The highest BCUT2D eigenvalue weighted by atomic mass is 79.9. The Labute approximate surface area is 190 Å². The highest BCUT2D eigenvalue weighted by Crippen LogP contribution is 2.27. The molecule has 158 valence electrons. The van der Waals surface area contributed by atoms with Gasteiger partial charge in [0.25, 0.3) is 5.91 Å². The van der Waals surface area contributed by atoms with E-state index in [1.807, 2.05) is 6.07 Å². The van der Waals surface area contributed by atoms with Crippen molar-refractivity contribution in [2.45, 2.75) is 13.3 Å². The van der Waals surface area contributed by atoms with Crippen LogP contribution in [0.5, 0.6) is 5.75 Å². The number of aromatic nitrogens is 4. The van der Waals surface area contributed by atoms with Crippen molar-refractivity contribution < 1.29 is 13.9 Å². The Kier molecular flexibility index (Phi) is 6.34. The molecule has 0 fully saturated rings. The van der Waals surface area contributed by atoms with Crippen LogP contribution in [0, 0.1) is 5.82 Å². The highest BCUT2D eigenvalue weighted by molar-refractivity contribution is 9.10. The molecule has 7 nitrogen and oxygen atoms in total. The molecule has 0 radical (unpaired) electrons. The molecular weight excluding hydrogens is 489 g/mol. The van der Waals surface area contributed by atoms with Crippen molar-refractivity contribution in [3.05, 3.63) is 93.7 Å². The van der Waals surface area contributed by atoms with Gasteiger partial charge < -0.3 is 10.1 Å². The fourth-order valence-electron chi connectivity index (χ4n) is 2.79. The number of carbonyl (C=O) groups excluding carboxylic acids is 1. The van der Waals surface area contributed by atoms with E-state index in [0.29, 0.717) is 22.0 Å². The molecule has 0 bridgehead atoms. The lowest BCUT2D eigenvalue weighted by molar-refractivity contribution is 0.102. The second kappa shape index (κ2) is 9.32. The fourth-order valence-corrected chi connectivity index (χ4v) is 3.52. The lowest BCUT2D eigenvalue weighted by Crippen LogP contribution is -2.14.